The Labute approximate surface area is 270 Å². The molecular weight excluding hydrogens is 578 g/mol. The van der Waals surface area contributed by atoms with Gasteiger partial charge in [-0.2, -0.15) is 4.57 Å². The van der Waals surface area contributed by atoms with Gasteiger partial charge in [0.1, 0.15) is 0 Å². The predicted octanol–water partition coefficient (Wildman–Crippen LogP) is 6.13. The Morgan fingerprint density at radius 1 is 0.413 bits per heavy atom. The summed E-state index contributed by atoms with van der Waals surface area (Å²) in [5.41, 5.74) is 8.31. The molecule has 0 unspecified atom stereocenters. The molecule has 0 spiro atoms. The van der Waals surface area contributed by atoms with Crippen LogP contribution in [-0.2, 0) is 36.9 Å². The molecule has 0 saturated carbocycles. The van der Waals surface area contributed by atoms with Crippen LogP contribution < -0.4 is 9.67 Å². The number of hydrogen-bond acceptors (Lipinski definition) is 6. The molecule has 0 saturated heterocycles. The van der Waals surface area contributed by atoms with Gasteiger partial charge < -0.3 is 28.8 Å². The third-order valence-corrected chi connectivity index (χ3v) is 7.80. The van der Waals surface area contributed by atoms with Crippen molar-refractivity contribution in [3.63, 3.8) is 0 Å². The Morgan fingerprint density at radius 2 is 0.783 bits per heavy atom. The molecule has 0 atom stereocenters. The Bertz CT molecular complexity index is 1580. The van der Waals surface area contributed by atoms with E-state index in [0.717, 1.165) is 39.3 Å². The van der Waals surface area contributed by atoms with Crippen LogP contribution in [0.1, 0.15) is 11.1 Å². The van der Waals surface area contributed by atoms with E-state index < -0.39 is 0 Å². The molecule has 2 bridgehead atoms. The normalized spacial score (nSPS) is 15.5. The number of nitrogens with zero attached hydrogens (tertiary/aromatic N) is 1. The number of hydrogen-bond donors (Lipinski definition) is 0. The summed E-state index contributed by atoms with van der Waals surface area (Å²) in [6.07, 6.45) is 0. The van der Waals surface area contributed by atoms with Gasteiger partial charge in [0.2, 0.25) is 17.1 Å². The first-order chi connectivity index (χ1) is 22.8. The molecule has 4 aromatic carbocycles. The van der Waals surface area contributed by atoms with Crippen molar-refractivity contribution >= 4 is 0 Å². The van der Waals surface area contributed by atoms with Crippen molar-refractivity contribution in [3.05, 3.63) is 126 Å². The lowest BCUT2D eigenvalue weighted by Gasteiger charge is -2.21. The van der Waals surface area contributed by atoms with Gasteiger partial charge in [0.15, 0.2) is 0 Å². The second kappa shape index (κ2) is 16.3. The molecule has 2 heterocycles. The van der Waals surface area contributed by atoms with Crippen molar-refractivity contribution in [1.29, 1.82) is 0 Å². The van der Waals surface area contributed by atoms with Crippen LogP contribution in [-0.4, -0.2) is 52.9 Å². The van der Waals surface area contributed by atoms with E-state index in [4.69, 9.17) is 23.7 Å². The van der Waals surface area contributed by atoms with E-state index in [-0.39, 0.29) is 19.0 Å². The van der Waals surface area contributed by atoms with Crippen LogP contribution in [0.5, 0.6) is 5.75 Å². The summed E-state index contributed by atoms with van der Waals surface area (Å²) < 4.78 is 31.0. The Hall–Kier alpha value is -4.37. The predicted molar refractivity (Wildman–Crippen MR) is 175 cm³/mol. The lowest BCUT2D eigenvalue weighted by Crippen LogP contribution is -2.37. The molecule has 7 nitrogen and oxygen atoms in total. The number of pyridine rings is 1. The molecule has 1 aliphatic heterocycles. The van der Waals surface area contributed by atoms with Gasteiger partial charge in [0, 0.05) is 35.4 Å². The minimum atomic E-state index is -0.0795. The lowest BCUT2D eigenvalue weighted by atomic mass is 9.98. The van der Waals surface area contributed by atoms with Gasteiger partial charge in [-0.15, -0.1) is 0 Å². The Kier molecular flexibility index (Phi) is 11.2. The quantitative estimate of drug-likeness (QED) is 0.226. The van der Waals surface area contributed by atoms with Crippen LogP contribution in [0.3, 0.4) is 0 Å². The van der Waals surface area contributed by atoms with Gasteiger partial charge in [0.05, 0.1) is 66.1 Å². The fourth-order valence-electron chi connectivity index (χ4n) is 5.53. The van der Waals surface area contributed by atoms with Crippen LogP contribution in [0.2, 0.25) is 0 Å². The second-order valence-electron chi connectivity index (χ2n) is 11.0. The maximum absolute atomic E-state index is 13.7. The van der Waals surface area contributed by atoms with Crippen LogP contribution in [0, 0.1) is 0 Å². The zero-order valence-electron chi connectivity index (χ0n) is 25.9. The van der Waals surface area contributed by atoms with Crippen LogP contribution in [0.4, 0.5) is 0 Å². The van der Waals surface area contributed by atoms with Crippen molar-refractivity contribution in [2.75, 3.05) is 52.9 Å². The van der Waals surface area contributed by atoms with E-state index in [1.54, 1.807) is 0 Å². The van der Waals surface area contributed by atoms with Gasteiger partial charge in [0.25, 0.3) is 0 Å². The summed E-state index contributed by atoms with van der Waals surface area (Å²) in [5.74, 6) is -0.0795. The van der Waals surface area contributed by atoms with Crippen LogP contribution in [0.25, 0.3) is 39.3 Å². The summed E-state index contributed by atoms with van der Waals surface area (Å²) in [4.78, 5) is 0. The summed E-state index contributed by atoms with van der Waals surface area (Å²) in [7, 11) is 0. The molecule has 0 fully saturated rings. The van der Waals surface area contributed by atoms with Crippen LogP contribution in [0.15, 0.2) is 115 Å². The van der Waals surface area contributed by atoms with E-state index in [1.165, 1.54) is 0 Å². The lowest BCUT2D eigenvalue weighted by molar-refractivity contribution is -0.572. The summed E-state index contributed by atoms with van der Waals surface area (Å²) >= 11 is 0. The van der Waals surface area contributed by atoms with E-state index in [2.05, 4.69) is 65.2 Å². The van der Waals surface area contributed by atoms with Crippen molar-refractivity contribution in [3.8, 4) is 45.1 Å². The van der Waals surface area contributed by atoms with Crippen molar-refractivity contribution in [2.24, 2.45) is 0 Å². The van der Waals surface area contributed by atoms with Gasteiger partial charge in [-0.3, -0.25) is 0 Å². The zero-order chi connectivity index (χ0) is 31.4. The molecule has 1 aliphatic rings. The van der Waals surface area contributed by atoms with Crippen molar-refractivity contribution in [2.45, 2.75) is 13.2 Å². The first kappa shape index (κ1) is 31.6. The third kappa shape index (κ3) is 8.07. The smallest absolute Gasteiger partial charge is 0.219 e. The molecule has 0 amide bonds. The highest BCUT2D eigenvalue weighted by Gasteiger charge is 2.26. The standard InChI is InChI=1S/C39H39NO6/c41-39-34-24-36(25-35(39)29-46-23-21-44-19-17-42-16-18-43-20-22-45-28-34)40-37(31-12-6-2-7-13-31)26-33(30-10-4-1-5-11-30)27-38(40)32-14-8-3-9-15-32/h1-15,24-27H,16-23,28-29H2. The molecule has 6 rings (SSSR count). The first-order valence-electron chi connectivity index (χ1n) is 15.8. The number of aromatic nitrogens is 1. The number of rotatable bonds is 4. The molecule has 0 N–H and O–H groups in total. The number of ether oxygens (including phenoxy) is 5. The second-order valence-corrected chi connectivity index (χ2v) is 11.0. The SMILES string of the molecule is [O-]c1c2cc(-[n+]3c(-c4ccccc4)cc(-c4ccccc4)cc3-c3ccccc3)cc1COCCOCCOCCOCCOC2. The molecule has 1 aromatic heterocycles. The molecular formula is C39H39NO6. The largest absolute Gasteiger partial charge is 0.872 e. The maximum Gasteiger partial charge on any atom is 0.219 e. The van der Waals surface area contributed by atoms with Gasteiger partial charge in [-0.1, -0.05) is 72.5 Å². The highest BCUT2D eigenvalue weighted by Crippen LogP contribution is 2.32. The monoisotopic (exact) mass is 617 g/mol. The number of benzene rings is 4. The Balaban J connectivity index is 1.50. The minimum Gasteiger partial charge on any atom is -0.872 e. The Morgan fingerprint density at radius 3 is 1.20 bits per heavy atom. The fraction of sp³-hybridized carbons (Fsp3) is 0.256. The maximum atomic E-state index is 13.7. The van der Waals surface area contributed by atoms with Gasteiger partial charge in [-0.05, 0) is 46.5 Å². The van der Waals surface area contributed by atoms with Crippen molar-refractivity contribution < 1.29 is 33.4 Å². The molecule has 0 radical (unpaired) electrons. The van der Waals surface area contributed by atoms with E-state index in [0.29, 0.717) is 64.0 Å². The highest BCUT2D eigenvalue weighted by molar-refractivity contribution is 5.74. The molecule has 236 valence electrons. The minimum absolute atomic E-state index is 0.0795. The average Bonchev–Trinajstić information content (AvgIpc) is 3.11. The number of fused-ring (bicyclic) bond motifs is 2. The van der Waals surface area contributed by atoms with Crippen LogP contribution >= 0.6 is 0 Å². The van der Waals surface area contributed by atoms with Crippen molar-refractivity contribution in [1.82, 2.24) is 0 Å². The van der Waals surface area contributed by atoms with Gasteiger partial charge in [-0.25, -0.2) is 0 Å². The molecule has 5 aromatic rings. The summed E-state index contributed by atoms with van der Waals surface area (Å²) in [6.45, 7) is 3.79. The zero-order valence-corrected chi connectivity index (χ0v) is 25.9. The summed E-state index contributed by atoms with van der Waals surface area (Å²) in [6, 6.07) is 39.4. The average molecular weight is 618 g/mol. The third-order valence-electron chi connectivity index (χ3n) is 7.80. The molecule has 0 aliphatic carbocycles. The first-order valence-corrected chi connectivity index (χ1v) is 15.8. The highest BCUT2D eigenvalue weighted by atomic mass is 16.6. The van der Waals surface area contributed by atoms with E-state index in [1.807, 2.05) is 54.6 Å². The molecule has 7 heteroatoms. The molecule has 46 heavy (non-hydrogen) atoms. The van der Waals surface area contributed by atoms with E-state index >= 15 is 0 Å². The topological polar surface area (TPSA) is 73.1 Å². The van der Waals surface area contributed by atoms with Gasteiger partial charge >= 0.3 is 0 Å². The van der Waals surface area contributed by atoms with E-state index in [9.17, 15) is 5.11 Å². The summed E-state index contributed by atoms with van der Waals surface area (Å²) in [5, 5.41) is 13.7. The fourth-order valence-corrected chi connectivity index (χ4v) is 5.53.